The summed E-state index contributed by atoms with van der Waals surface area (Å²) in [5.74, 6) is 1.56. The molecule has 3 rings (SSSR count). The van der Waals surface area contributed by atoms with Crippen LogP contribution in [0.15, 0.2) is 18.3 Å². The molecule has 1 aromatic rings. The van der Waals surface area contributed by atoms with Crippen molar-refractivity contribution in [1.82, 2.24) is 10.3 Å². The van der Waals surface area contributed by atoms with Crippen molar-refractivity contribution in [1.29, 1.82) is 0 Å². The van der Waals surface area contributed by atoms with E-state index < -0.39 is 0 Å². The number of hydrogen-bond acceptors (Lipinski definition) is 2. The zero-order valence-electron chi connectivity index (χ0n) is 10.9. The first-order valence-corrected chi connectivity index (χ1v) is 7.13. The Morgan fingerprint density at radius 2 is 2.28 bits per heavy atom. The van der Waals surface area contributed by atoms with E-state index in [1.54, 1.807) is 0 Å². The third-order valence-electron chi connectivity index (χ3n) is 4.67. The molecule has 1 N–H and O–H groups in total. The van der Waals surface area contributed by atoms with E-state index in [2.05, 4.69) is 17.2 Å². The van der Waals surface area contributed by atoms with Crippen LogP contribution in [-0.4, -0.2) is 11.0 Å². The minimum atomic E-state index is -0.256. The standard InChI is InChI=1S/C15H21FN2/c1-2-13(14-6-5-12(16)9-17-14)18-15-8-10-3-4-11(15)7-10/h5-6,9-11,13,15,18H,2-4,7-8H2,1H3. The first-order valence-electron chi connectivity index (χ1n) is 7.13. The maximum Gasteiger partial charge on any atom is 0.141 e. The fourth-order valence-electron chi connectivity index (χ4n) is 3.71. The number of pyridine rings is 1. The Kier molecular flexibility index (Phi) is 3.33. The molecular weight excluding hydrogens is 227 g/mol. The van der Waals surface area contributed by atoms with Crippen molar-refractivity contribution < 1.29 is 4.39 Å². The van der Waals surface area contributed by atoms with Crippen molar-refractivity contribution in [3.8, 4) is 0 Å². The van der Waals surface area contributed by atoms with Gasteiger partial charge in [-0.2, -0.15) is 0 Å². The highest BCUT2D eigenvalue weighted by Gasteiger charge is 2.40. The van der Waals surface area contributed by atoms with E-state index in [4.69, 9.17) is 0 Å². The van der Waals surface area contributed by atoms with E-state index in [-0.39, 0.29) is 11.9 Å². The number of hydrogen-bond donors (Lipinski definition) is 1. The van der Waals surface area contributed by atoms with Gasteiger partial charge in [-0.1, -0.05) is 13.3 Å². The van der Waals surface area contributed by atoms with Gasteiger partial charge in [-0.05, 0) is 49.7 Å². The largest absolute Gasteiger partial charge is 0.306 e. The fraction of sp³-hybridized carbons (Fsp3) is 0.667. The molecule has 18 heavy (non-hydrogen) atoms. The van der Waals surface area contributed by atoms with Gasteiger partial charge >= 0.3 is 0 Å². The van der Waals surface area contributed by atoms with Gasteiger partial charge in [0.1, 0.15) is 5.82 Å². The molecular formula is C15H21FN2. The molecule has 2 nitrogen and oxygen atoms in total. The lowest BCUT2D eigenvalue weighted by molar-refractivity contribution is 0.313. The van der Waals surface area contributed by atoms with Crippen molar-refractivity contribution in [2.75, 3.05) is 0 Å². The second kappa shape index (κ2) is 4.96. The van der Waals surface area contributed by atoms with E-state index in [0.29, 0.717) is 6.04 Å². The Morgan fingerprint density at radius 3 is 2.83 bits per heavy atom. The summed E-state index contributed by atoms with van der Waals surface area (Å²) in [6, 6.07) is 4.24. The van der Waals surface area contributed by atoms with E-state index in [9.17, 15) is 4.39 Å². The van der Waals surface area contributed by atoms with Gasteiger partial charge in [-0.25, -0.2) is 4.39 Å². The maximum absolute atomic E-state index is 12.9. The van der Waals surface area contributed by atoms with E-state index >= 15 is 0 Å². The van der Waals surface area contributed by atoms with Crippen molar-refractivity contribution in [3.05, 3.63) is 29.8 Å². The summed E-state index contributed by atoms with van der Waals surface area (Å²) >= 11 is 0. The summed E-state index contributed by atoms with van der Waals surface area (Å²) in [6.45, 7) is 2.16. The molecule has 0 spiro atoms. The molecule has 1 heterocycles. The van der Waals surface area contributed by atoms with Gasteiger partial charge < -0.3 is 5.32 Å². The quantitative estimate of drug-likeness (QED) is 0.882. The van der Waals surface area contributed by atoms with Crippen molar-refractivity contribution in [2.45, 2.75) is 51.1 Å². The number of halogens is 1. The van der Waals surface area contributed by atoms with Crippen LogP contribution in [-0.2, 0) is 0 Å². The van der Waals surface area contributed by atoms with Gasteiger partial charge in [0.15, 0.2) is 0 Å². The van der Waals surface area contributed by atoms with Crippen LogP contribution in [0.1, 0.15) is 50.8 Å². The Balaban J connectivity index is 1.67. The van der Waals surface area contributed by atoms with Crippen LogP contribution < -0.4 is 5.32 Å². The topological polar surface area (TPSA) is 24.9 Å². The van der Waals surface area contributed by atoms with E-state index in [1.807, 2.05) is 6.07 Å². The normalized spacial score (nSPS) is 31.8. The van der Waals surface area contributed by atoms with Crippen LogP contribution in [0.4, 0.5) is 4.39 Å². The highest BCUT2D eigenvalue weighted by atomic mass is 19.1. The zero-order valence-corrected chi connectivity index (χ0v) is 10.9. The molecule has 4 atom stereocenters. The van der Waals surface area contributed by atoms with Crippen LogP contribution in [0.2, 0.25) is 0 Å². The number of aromatic nitrogens is 1. The highest BCUT2D eigenvalue weighted by molar-refractivity contribution is 5.10. The fourth-order valence-corrected chi connectivity index (χ4v) is 3.71. The molecule has 0 aromatic carbocycles. The Bertz CT molecular complexity index is 403. The molecule has 0 aliphatic heterocycles. The first-order chi connectivity index (χ1) is 8.76. The maximum atomic E-state index is 12.9. The van der Waals surface area contributed by atoms with Gasteiger partial charge in [-0.15, -0.1) is 0 Å². The minimum absolute atomic E-state index is 0.256. The summed E-state index contributed by atoms with van der Waals surface area (Å²) in [5.41, 5.74) is 0.974. The van der Waals surface area contributed by atoms with Crippen molar-refractivity contribution in [3.63, 3.8) is 0 Å². The molecule has 3 heteroatoms. The predicted octanol–water partition coefficient (Wildman–Crippen LogP) is 3.45. The van der Waals surface area contributed by atoms with Crippen molar-refractivity contribution >= 4 is 0 Å². The van der Waals surface area contributed by atoms with Gasteiger partial charge in [0, 0.05) is 12.1 Å². The molecule has 0 saturated heterocycles. The SMILES string of the molecule is CCC(NC1CC2CCC1C2)c1ccc(F)cn1. The van der Waals surface area contributed by atoms with Gasteiger partial charge in [0.05, 0.1) is 11.9 Å². The van der Waals surface area contributed by atoms with Crippen LogP contribution in [0.5, 0.6) is 0 Å². The predicted molar refractivity (Wildman–Crippen MR) is 69.6 cm³/mol. The molecule has 2 aliphatic carbocycles. The molecule has 2 saturated carbocycles. The van der Waals surface area contributed by atoms with Crippen LogP contribution in [0, 0.1) is 17.7 Å². The Hall–Kier alpha value is -0.960. The summed E-state index contributed by atoms with van der Waals surface area (Å²) in [4.78, 5) is 4.22. The van der Waals surface area contributed by atoms with Gasteiger partial charge in [-0.3, -0.25) is 4.98 Å². The van der Waals surface area contributed by atoms with Gasteiger partial charge in [0.25, 0.3) is 0 Å². The molecule has 98 valence electrons. The number of nitrogens with one attached hydrogen (secondary N) is 1. The summed E-state index contributed by atoms with van der Waals surface area (Å²) in [5, 5.41) is 3.75. The highest BCUT2D eigenvalue weighted by Crippen LogP contribution is 2.45. The molecule has 0 radical (unpaired) electrons. The molecule has 0 amide bonds. The van der Waals surface area contributed by atoms with Crippen LogP contribution in [0.25, 0.3) is 0 Å². The van der Waals surface area contributed by atoms with Crippen LogP contribution >= 0.6 is 0 Å². The summed E-state index contributed by atoms with van der Waals surface area (Å²) in [6.07, 6.45) is 7.87. The van der Waals surface area contributed by atoms with E-state index in [0.717, 1.165) is 24.0 Å². The Morgan fingerprint density at radius 1 is 1.39 bits per heavy atom. The van der Waals surface area contributed by atoms with Crippen molar-refractivity contribution in [2.24, 2.45) is 11.8 Å². The van der Waals surface area contributed by atoms with Gasteiger partial charge in [0.2, 0.25) is 0 Å². The lowest BCUT2D eigenvalue weighted by Crippen LogP contribution is -2.36. The Labute approximate surface area is 108 Å². The number of nitrogens with zero attached hydrogens (tertiary/aromatic N) is 1. The third kappa shape index (κ3) is 2.28. The second-order valence-electron chi connectivity index (χ2n) is 5.81. The first kappa shape index (κ1) is 12.1. The lowest BCUT2D eigenvalue weighted by atomic mass is 9.94. The number of rotatable bonds is 4. The monoisotopic (exact) mass is 248 g/mol. The summed E-state index contributed by atoms with van der Waals surface area (Å²) in [7, 11) is 0. The number of fused-ring (bicyclic) bond motifs is 2. The lowest BCUT2D eigenvalue weighted by Gasteiger charge is -2.28. The second-order valence-corrected chi connectivity index (χ2v) is 5.81. The molecule has 2 aliphatic rings. The average Bonchev–Trinajstić information content (AvgIpc) is 2.99. The summed E-state index contributed by atoms with van der Waals surface area (Å²) < 4.78 is 12.9. The molecule has 2 fully saturated rings. The average molecular weight is 248 g/mol. The minimum Gasteiger partial charge on any atom is -0.306 e. The molecule has 2 bridgehead atoms. The third-order valence-corrected chi connectivity index (χ3v) is 4.67. The smallest absolute Gasteiger partial charge is 0.141 e. The molecule has 1 aromatic heterocycles. The van der Waals surface area contributed by atoms with Crippen LogP contribution in [0.3, 0.4) is 0 Å². The van der Waals surface area contributed by atoms with E-state index in [1.165, 1.54) is 37.9 Å². The zero-order chi connectivity index (χ0) is 12.5. The molecule has 4 unspecified atom stereocenters.